The Morgan fingerprint density at radius 1 is 1.16 bits per heavy atom. The highest BCUT2D eigenvalue weighted by atomic mass is 15.1. The lowest BCUT2D eigenvalue weighted by Crippen LogP contribution is -2.21. The second-order valence-electron chi connectivity index (χ2n) is 5.51. The Balaban J connectivity index is 2.16. The first-order valence-electron chi connectivity index (χ1n) is 6.90. The molecule has 3 heteroatoms. The zero-order valence-electron chi connectivity index (χ0n) is 12.0. The molecule has 0 amide bonds. The standard InChI is InChI=1S/C16H23N3/c1-12(2)13(3)19-11-18-10-16(19)15(17)9-14-7-5-4-6-8-14/h4-8,10-13,15H,9,17H2,1-3H3/t13?,15-/m1/s1. The third kappa shape index (κ3) is 3.24. The Morgan fingerprint density at radius 2 is 1.84 bits per heavy atom. The summed E-state index contributed by atoms with van der Waals surface area (Å²) in [7, 11) is 0. The molecule has 0 bridgehead atoms. The van der Waals surface area contributed by atoms with Crippen molar-refractivity contribution in [2.75, 3.05) is 0 Å². The second-order valence-corrected chi connectivity index (χ2v) is 5.51. The maximum Gasteiger partial charge on any atom is 0.0951 e. The van der Waals surface area contributed by atoms with Crippen LogP contribution in [0.1, 0.15) is 44.1 Å². The number of benzene rings is 1. The molecule has 3 nitrogen and oxygen atoms in total. The number of hydrogen-bond acceptors (Lipinski definition) is 2. The van der Waals surface area contributed by atoms with Crippen LogP contribution in [-0.2, 0) is 6.42 Å². The molecule has 1 aromatic heterocycles. The van der Waals surface area contributed by atoms with Crippen molar-refractivity contribution < 1.29 is 0 Å². The van der Waals surface area contributed by atoms with Gasteiger partial charge in [-0.2, -0.15) is 0 Å². The van der Waals surface area contributed by atoms with Gasteiger partial charge in [0.25, 0.3) is 0 Å². The van der Waals surface area contributed by atoms with E-state index in [1.165, 1.54) is 5.56 Å². The van der Waals surface area contributed by atoms with Crippen LogP contribution in [0.3, 0.4) is 0 Å². The predicted octanol–water partition coefficient (Wildman–Crippen LogP) is 3.34. The summed E-state index contributed by atoms with van der Waals surface area (Å²) in [6.07, 6.45) is 4.63. The maximum absolute atomic E-state index is 6.35. The Labute approximate surface area is 115 Å². The average Bonchev–Trinajstić information content (AvgIpc) is 2.88. The van der Waals surface area contributed by atoms with Crippen molar-refractivity contribution in [2.24, 2.45) is 11.7 Å². The minimum absolute atomic E-state index is 0.00824. The van der Waals surface area contributed by atoms with Gasteiger partial charge in [-0.1, -0.05) is 44.2 Å². The Bertz CT molecular complexity index is 502. The van der Waals surface area contributed by atoms with E-state index in [4.69, 9.17) is 5.73 Å². The predicted molar refractivity (Wildman–Crippen MR) is 78.9 cm³/mol. The lowest BCUT2D eigenvalue weighted by molar-refractivity contribution is 0.390. The molecule has 1 unspecified atom stereocenters. The van der Waals surface area contributed by atoms with E-state index in [2.05, 4.69) is 54.6 Å². The molecule has 102 valence electrons. The van der Waals surface area contributed by atoms with Crippen molar-refractivity contribution >= 4 is 0 Å². The normalized spacial score (nSPS) is 14.6. The monoisotopic (exact) mass is 257 g/mol. The van der Waals surface area contributed by atoms with Crippen molar-refractivity contribution in [3.8, 4) is 0 Å². The van der Waals surface area contributed by atoms with Crippen LogP contribution in [0.5, 0.6) is 0 Å². The fraction of sp³-hybridized carbons (Fsp3) is 0.438. The molecule has 1 aromatic carbocycles. The molecule has 1 heterocycles. The van der Waals surface area contributed by atoms with E-state index in [9.17, 15) is 0 Å². The fourth-order valence-electron chi connectivity index (χ4n) is 2.24. The van der Waals surface area contributed by atoms with Gasteiger partial charge in [0.2, 0.25) is 0 Å². The van der Waals surface area contributed by atoms with Crippen LogP contribution < -0.4 is 5.73 Å². The molecule has 0 aliphatic rings. The highest BCUT2D eigenvalue weighted by molar-refractivity contribution is 5.18. The lowest BCUT2D eigenvalue weighted by Gasteiger charge is -2.22. The summed E-state index contributed by atoms with van der Waals surface area (Å²) >= 11 is 0. The Morgan fingerprint density at radius 3 is 2.47 bits per heavy atom. The summed E-state index contributed by atoms with van der Waals surface area (Å²) in [6.45, 7) is 6.65. The van der Waals surface area contributed by atoms with E-state index in [0.717, 1.165) is 12.1 Å². The quantitative estimate of drug-likeness (QED) is 0.892. The third-order valence-corrected chi connectivity index (χ3v) is 3.78. The van der Waals surface area contributed by atoms with Crippen molar-refractivity contribution in [2.45, 2.75) is 39.3 Å². The Kier molecular flexibility index (Phi) is 4.38. The van der Waals surface area contributed by atoms with Gasteiger partial charge in [0.05, 0.1) is 18.1 Å². The molecule has 0 spiro atoms. The third-order valence-electron chi connectivity index (χ3n) is 3.78. The number of aromatic nitrogens is 2. The van der Waals surface area contributed by atoms with Gasteiger partial charge in [-0.25, -0.2) is 4.98 Å². The van der Waals surface area contributed by atoms with Gasteiger partial charge in [-0.15, -0.1) is 0 Å². The van der Waals surface area contributed by atoms with Gasteiger partial charge < -0.3 is 10.3 Å². The summed E-state index contributed by atoms with van der Waals surface area (Å²) in [4.78, 5) is 4.27. The maximum atomic E-state index is 6.35. The van der Waals surface area contributed by atoms with E-state index in [1.807, 2.05) is 18.6 Å². The molecule has 2 aromatic rings. The minimum atomic E-state index is -0.00824. The summed E-state index contributed by atoms with van der Waals surface area (Å²) < 4.78 is 2.21. The van der Waals surface area contributed by atoms with Gasteiger partial charge >= 0.3 is 0 Å². The summed E-state index contributed by atoms with van der Waals surface area (Å²) in [5.74, 6) is 0.567. The van der Waals surface area contributed by atoms with Crippen molar-refractivity contribution in [3.05, 3.63) is 54.1 Å². The molecule has 0 saturated heterocycles. The molecule has 0 saturated carbocycles. The molecule has 0 radical (unpaired) electrons. The fourth-order valence-corrected chi connectivity index (χ4v) is 2.24. The summed E-state index contributed by atoms with van der Waals surface area (Å²) in [6, 6.07) is 10.8. The van der Waals surface area contributed by atoms with Crippen LogP contribution in [0.4, 0.5) is 0 Å². The number of imidazole rings is 1. The molecule has 19 heavy (non-hydrogen) atoms. The van der Waals surface area contributed by atoms with Gasteiger partial charge in [0, 0.05) is 12.2 Å². The van der Waals surface area contributed by atoms with Gasteiger partial charge in [0.1, 0.15) is 0 Å². The van der Waals surface area contributed by atoms with Crippen molar-refractivity contribution in [3.63, 3.8) is 0 Å². The first-order valence-corrected chi connectivity index (χ1v) is 6.90. The highest BCUT2D eigenvalue weighted by Gasteiger charge is 2.17. The van der Waals surface area contributed by atoms with Gasteiger partial charge in [-0.3, -0.25) is 0 Å². The van der Waals surface area contributed by atoms with Crippen LogP contribution in [-0.4, -0.2) is 9.55 Å². The molecule has 2 atom stereocenters. The van der Waals surface area contributed by atoms with Crippen molar-refractivity contribution in [1.29, 1.82) is 0 Å². The zero-order chi connectivity index (χ0) is 13.8. The van der Waals surface area contributed by atoms with Crippen LogP contribution in [0, 0.1) is 5.92 Å². The second kappa shape index (κ2) is 6.02. The van der Waals surface area contributed by atoms with Gasteiger partial charge in [-0.05, 0) is 24.8 Å². The number of nitrogens with zero attached hydrogens (tertiary/aromatic N) is 2. The summed E-state index contributed by atoms with van der Waals surface area (Å²) in [5.41, 5.74) is 8.73. The zero-order valence-corrected chi connectivity index (χ0v) is 12.0. The van der Waals surface area contributed by atoms with E-state index < -0.39 is 0 Å². The smallest absolute Gasteiger partial charge is 0.0951 e. The summed E-state index contributed by atoms with van der Waals surface area (Å²) in [5, 5.41) is 0. The first-order chi connectivity index (χ1) is 9.09. The van der Waals surface area contributed by atoms with E-state index in [1.54, 1.807) is 0 Å². The molecule has 2 rings (SSSR count). The van der Waals surface area contributed by atoms with Crippen LogP contribution in [0.2, 0.25) is 0 Å². The largest absolute Gasteiger partial charge is 0.330 e. The van der Waals surface area contributed by atoms with Crippen LogP contribution in [0.25, 0.3) is 0 Å². The van der Waals surface area contributed by atoms with E-state index in [-0.39, 0.29) is 6.04 Å². The number of rotatable bonds is 5. The number of hydrogen-bond donors (Lipinski definition) is 1. The average molecular weight is 257 g/mol. The minimum Gasteiger partial charge on any atom is -0.330 e. The van der Waals surface area contributed by atoms with Crippen LogP contribution >= 0.6 is 0 Å². The molecular weight excluding hydrogens is 234 g/mol. The SMILES string of the molecule is CC(C)C(C)n1cncc1[C@H](N)Cc1ccccc1. The molecule has 0 fully saturated rings. The molecular formula is C16H23N3. The molecule has 2 N–H and O–H groups in total. The molecule has 0 aliphatic carbocycles. The van der Waals surface area contributed by atoms with E-state index >= 15 is 0 Å². The number of nitrogens with two attached hydrogens (primary N) is 1. The topological polar surface area (TPSA) is 43.8 Å². The van der Waals surface area contributed by atoms with Crippen LogP contribution in [0.15, 0.2) is 42.9 Å². The lowest BCUT2D eigenvalue weighted by atomic mass is 10.0. The van der Waals surface area contributed by atoms with Gasteiger partial charge in [0.15, 0.2) is 0 Å². The Hall–Kier alpha value is -1.61. The first kappa shape index (κ1) is 13.8. The van der Waals surface area contributed by atoms with Crippen molar-refractivity contribution in [1.82, 2.24) is 9.55 Å². The molecule has 0 aliphatic heterocycles. The highest BCUT2D eigenvalue weighted by Crippen LogP contribution is 2.23. The van der Waals surface area contributed by atoms with E-state index in [0.29, 0.717) is 12.0 Å².